The molecule has 3 heterocycles. The van der Waals surface area contributed by atoms with Gasteiger partial charge in [-0.05, 0) is 49.6 Å². The second-order valence-corrected chi connectivity index (χ2v) is 7.20. The number of anilines is 2. The third-order valence-corrected chi connectivity index (χ3v) is 4.60. The number of aryl methyl sites for hydroxylation is 2. The Morgan fingerprint density at radius 2 is 1.90 bits per heavy atom. The highest BCUT2D eigenvalue weighted by Gasteiger charge is 2.22. The average Bonchev–Trinajstić information content (AvgIpc) is 2.74. The van der Waals surface area contributed by atoms with Gasteiger partial charge in [-0.3, -0.25) is 9.88 Å². The Balaban J connectivity index is 1.99. The number of hydrogen-bond donors (Lipinski definition) is 1. The molecule has 0 atom stereocenters. The molecule has 0 unspecified atom stereocenters. The van der Waals surface area contributed by atoms with Gasteiger partial charge in [0.15, 0.2) is 0 Å². The predicted octanol–water partition coefficient (Wildman–Crippen LogP) is 4.23. The van der Waals surface area contributed by atoms with Crippen molar-refractivity contribution in [1.29, 1.82) is 0 Å². The Hall–Kier alpha value is -3.79. The van der Waals surface area contributed by atoms with Crippen LogP contribution >= 0.6 is 0 Å². The number of nitrogens with zero attached hydrogens (tertiary/aromatic N) is 5. The van der Waals surface area contributed by atoms with Crippen molar-refractivity contribution < 1.29 is 4.79 Å². The number of aromatic nitrogens is 4. The molecule has 0 saturated heterocycles. The van der Waals surface area contributed by atoms with E-state index in [1.807, 2.05) is 52.0 Å². The maximum absolute atomic E-state index is 13.3. The van der Waals surface area contributed by atoms with Gasteiger partial charge in [-0.25, -0.2) is 19.7 Å². The second-order valence-electron chi connectivity index (χ2n) is 7.20. The number of urea groups is 1. The number of nitrogens with one attached hydrogen (secondary N) is 1. The fourth-order valence-corrected chi connectivity index (χ4v) is 2.91. The fraction of sp³-hybridized carbons (Fsp3) is 0.261. The smallest absolute Gasteiger partial charge is 0.305 e. The van der Waals surface area contributed by atoms with E-state index in [0.29, 0.717) is 23.0 Å². The molecule has 7 heteroatoms. The second kappa shape index (κ2) is 9.14. The van der Waals surface area contributed by atoms with E-state index in [-0.39, 0.29) is 18.5 Å². The van der Waals surface area contributed by atoms with E-state index < -0.39 is 0 Å². The summed E-state index contributed by atoms with van der Waals surface area (Å²) in [7, 11) is 0. The van der Waals surface area contributed by atoms with E-state index in [1.54, 1.807) is 18.5 Å². The highest BCUT2D eigenvalue weighted by Crippen LogP contribution is 2.21. The van der Waals surface area contributed by atoms with Crippen LogP contribution in [-0.4, -0.2) is 26.0 Å². The fourth-order valence-electron chi connectivity index (χ4n) is 2.91. The molecule has 0 aliphatic rings. The van der Waals surface area contributed by atoms with Crippen molar-refractivity contribution >= 4 is 17.7 Å². The minimum absolute atomic E-state index is 0.168. The molecule has 152 valence electrons. The van der Waals surface area contributed by atoms with Crippen LogP contribution in [0.4, 0.5) is 16.4 Å². The van der Waals surface area contributed by atoms with Crippen LogP contribution in [0.25, 0.3) is 0 Å². The van der Waals surface area contributed by atoms with Crippen molar-refractivity contribution in [2.75, 3.05) is 10.2 Å². The van der Waals surface area contributed by atoms with Crippen LogP contribution in [0.5, 0.6) is 0 Å². The topological polar surface area (TPSA) is 83.9 Å². The molecular weight excluding hydrogens is 376 g/mol. The quantitative estimate of drug-likeness (QED) is 0.648. The molecular formula is C23H24N6O. The molecule has 0 aliphatic carbocycles. The summed E-state index contributed by atoms with van der Waals surface area (Å²) >= 11 is 0. The summed E-state index contributed by atoms with van der Waals surface area (Å²) in [5.74, 6) is 3.01. The Bertz CT molecular complexity index is 1080. The van der Waals surface area contributed by atoms with E-state index in [9.17, 15) is 4.79 Å². The molecule has 0 spiro atoms. The normalized spacial score (nSPS) is 10.5. The Morgan fingerprint density at radius 1 is 1.13 bits per heavy atom. The largest absolute Gasteiger partial charge is 0.329 e. The summed E-state index contributed by atoms with van der Waals surface area (Å²) in [4.78, 5) is 32.4. The van der Waals surface area contributed by atoms with E-state index in [0.717, 1.165) is 17.0 Å². The lowest BCUT2D eigenvalue weighted by molar-refractivity contribution is 0.256. The van der Waals surface area contributed by atoms with Gasteiger partial charge in [0, 0.05) is 18.1 Å². The molecule has 0 aromatic carbocycles. The summed E-state index contributed by atoms with van der Waals surface area (Å²) in [6.07, 6.45) is 8.84. The molecule has 0 saturated carbocycles. The Kier molecular flexibility index (Phi) is 6.38. The molecule has 30 heavy (non-hydrogen) atoms. The molecule has 3 aromatic heterocycles. The maximum atomic E-state index is 13.3. The molecule has 1 N–H and O–H groups in total. The number of hydrogen-bond acceptors (Lipinski definition) is 5. The zero-order chi connectivity index (χ0) is 21.7. The van der Waals surface area contributed by atoms with Gasteiger partial charge in [0.2, 0.25) is 5.95 Å². The van der Waals surface area contributed by atoms with Gasteiger partial charge >= 0.3 is 6.03 Å². The van der Waals surface area contributed by atoms with Crippen LogP contribution in [0, 0.1) is 26.2 Å². The lowest BCUT2D eigenvalue weighted by Gasteiger charge is -2.22. The first-order valence-electron chi connectivity index (χ1n) is 9.65. The summed E-state index contributed by atoms with van der Waals surface area (Å²) in [5, 5.41) is 2.95. The van der Waals surface area contributed by atoms with E-state index >= 15 is 0 Å². The SMILES string of the molecule is C#Cc1cccc(CN(C(=O)Nc2c(C)ccnc2C)c2nccc(C(C)C)n2)n1. The summed E-state index contributed by atoms with van der Waals surface area (Å²) in [6, 6.07) is 8.69. The van der Waals surface area contributed by atoms with Crippen molar-refractivity contribution in [1.82, 2.24) is 19.9 Å². The summed E-state index contributed by atoms with van der Waals surface area (Å²) in [5.41, 5.74) is 4.30. The summed E-state index contributed by atoms with van der Waals surface area (Å²) < 4.78 is 0. The van der Waals surface area contributed by atoms with E-state index in [1.165, 1.54) is 4.90 Å². The molecule has 0 fully saturated rings. The van der Waals surface area contributed by atoms with Crippen molar-refractivity contribution in [3.63, 3.8) is 0 Å². The first-order chi connectivity index (χ1) is 14.4. The predicted molar refractivity (Wildman–Crippen MR) is 117 cm³/mol. The van der Waals surface area contributed by atoms with Gasteiger partial charge in [-0.1, -0.05) is 25.8 Å². The van der Waals surface area contributed by atoms with Crippen LogP contribution in [0.2, 0.25) is 0 Å². The van der Waals surface area contributed by atoms with Crippen molar-refractivity contribution in [2.24, 2.45) is 0 Å². The van der Waals surface area contributed by atoms with Gasteiger partial charge in [0.25, 0.3) is 0 Å². The lowest BCUT2D eigenvalue weighted by atomic mass is 10.1. The molecule has 2 amide bonds. The lowest BCUT2D eigenvalue weighted by Crippen LogP contribution is -2.36. The highest BCUT2D eigenvalue weighted by molar-refractivity contribution is 6.01. The van der Waals surface area contributed by atoms with E-state index in [2.05, 4.69) is 31.2 Å². The first kappa shape index (κ1) is 20.9. The number of carbonyl (C=O) groups is 1. The molecule has 0 bridgehead atoms. The number of carbonyl (C=O) groups excluding carboxylic acids is 1. The monoisotopic (exact) mass is 400 g/mol. The number of rotatable bonds is 5. The van der Waals surface area contributed by atoms with Crippen molar-refractivity contribution in [3.05, 3.63) is 71.1 Å². The zero-order valence-electron chi connectivity index (χ0n) is 17.5. The van der Waals surface area contributed by atoms with Crippen LogP contribution in [-0.2, 0) is 6.54 Å². The number of terminal acetylenes is 1. The van der Waals surface area contributed by atoms with Crippen LogP contribution in [0.15, 0.2) is 42.7 Å². The van der Waals surface area contributed by atoms with Gasteiger partial charge < -0.3 is 5.32 Å². The number of pyridine rings is 2. The average molecular weight is 400 g/mol. The molecule has 3 rings (SSSR count). The van der Waals surface area contributed by atoms with Crippen LogP contribution in [0.3, 0.4) is 0 Å². The van der Waals surface area contributed by atoms with Gasteiger partial charge in [0.05, 0.1) is 23.6 Å². The van der Waals surface area contributed by atoms with Crippen molar-refractivity contribution in [3.8, 4) is 12.3 Å². The third kappa shape index (κ3) is 4.78. The van der Waals surface area contributed by atoms with Crippen LogP contribution in [0.1, 0.15) is 48.1 Å². The third-order valence-electron chi connectivity index (χ3n) is 4.60. The molecule has 3 aromatic rings. The first-order valence-corrected chi connectivity index (χ1v) is 9.65. The molecule has 7 nitrogen and oxygen atoms in total. The highest BCUT2D eigenvalue weighted by atomic mass is 16.2. The summed E-state index contributed by atoms with van der Waals surface area (Å²) in [6.45, 7) is 8.01. The maximum Gasteiger partial charge on any atom is 0.329 e. The minimum Gasteiger partial charge on any atom is -0.305 e. The zero-order valence-corrected chi connectivity index (χ0v) is 17.5. The minimum atomic E-state index is -0.372. The van der Waals surface area contributed by atoms with Crippen LogP contribution < -0.4 is 10.2 Å². The van der Waals surface area contributed by atoms with Crippen molar-refractivity contribution in [2.45, 2.75) is 40.2 Å². The van der Waals surface area contributed by atoms with E-state index in [4.69, 9.17) is 6.42 Å². The van der Waals surface area contributed by atoms with Gasteiger partial charge in [-0.15, -0.1) is 6.42 Å². The van der Waals surface area contributed by atoms with Gasteiger partial charge in [-0.2, -0.15) is 0 Å². The Labute approximate surface area is 176 Å². The van der Waals surface area contributed by atoms with Gasteiger partial charge in [0.1, 0.15) is 5.69 Å². The molecule has 0 radical (unpaired) electrons. The standard InChI is InChI=1S/C23H24N6O/c1-6-18-8-7-9-19(26-18)14-29(22-25-13-11-20(27-22)15(2)3)23(30)28-21-16(4)10-12-24-17(21)5/h1,7-13,15H,14H2,2-5H3,(H,28,30). The molecule has 0 aliphatic heterocycles. The number of amides is 2. The Morgan fingerprint density at radius 3 is 2.60 bits per heavy atom.